The highest BCUT2D eigenvalue weighted by Crippen LogP contribution is 2.16. The van der Waals surface area contributed by atoms with Crippen LogP contribution in [0.2, 0.25) is 0 Å². The SMILES string of the molecule is CCc1nn(C)cc1CN1CCNC(=O)C1CC(=O)O. The topological polar surface area (TPSA) is 87.5 Å². The molecule has 0 spiro atoms. The molecule has 1 unspecified atom stereocenters. The smallest absolute Gasteiger partial charge is 0.305 e. The van der Waals surface area contributed by atoms with E-state index in [-0.39, 0.29) is 12.3 Å². The van der Waals surface area contributed by atoms with Crippen molar-refractivity contribution in [1.82, 2.24) is 20.0 Å². The molecule has 110 valence electrons. The van der Waals surface area contributed by atoms with E-state index in [1.807, 2.05) is 25.1 Å². The predicted octanol–water partition coefficient (Wildman–Crippen LogP) is -0.242. The maximum Gasteiger partial charge on any atom is 0.305 e. The van der Waals surface area contributed by atoms with E-state index in [2.05, 4.69) is 10.4 Å². The molecule has 1 amide bonds. The molecular formula is C13H20N4O3. The van der Waals surface area contributed by atoms with E-state index in [9.17, 15) is 9.59 Å². The number of hydrogen-bond acceptors (Lipinski definition) is 4. The van der Waals surface area contributed by atoms with Crippen LogP contribution in [-0.2, 0) is 29.6 Å². The monoisotopic (exact) mass is 280 g/mol. The van der Waals surface area contributed by atoms with Crippen molar-refractivity contribution in [2.45, 2.75) is 32.4 Å². The van der Waals surface area contributed by atoms with E-state index in [1.54, 1.807) is 4.68 Å². The van der Waals surface area contributed by atoms with Crippen LogP contribution in [0.1, 0.15) is 24.6 Å². The van der Waals surface area contributed by atoms with Gasteiger partial charge in [-0.15, -0.1) is 0 Å². The highest BCUT2D eigenvalue weighted by Gasteiger charge is 2.32. The third-order valence-corrected chi connectivity index (χ3v) is 3.51. The molecule has 0 radical (unpaired) electrons. The fourth-order valence-electron chi connectivity index (χ4n) is 2.57. The largest absolute Gasteiger partial charge is 0.481 e. The van der Waals surface area contributed by atoms with E-state index in [4.69, 9.17) is 5.11 Å². The summed E-state index contributed by atoms with van der Waals surface area (Å²) in [6.07, 6.45) is 2.58. The van der Waals surface area contributed by atoms with Crippen LogP contribution in [0.4, 0.5) is 0 Å². The van der Waals surface area contributed by atoms with Crippen molar-refractivity contribution in [2.24, 2.45) is 7.05 Å². The summed E-state index contributed by atoms with van der Waals surface area (Å²) in [5.41, 5.74) is 2.05. The number of rotatable bonds is 5. The molecule has 2 N–H and O–H groups in total. The van der Waals surface area contributed by atoms with E-state index in [1.165, 1.54) is 0 Å². The summed E-state index contributed by atoms with van der Waals surface area (Å²) in [6, 6.07) is -0.605. The van der Waals surface area contributed by atoms with Crippen LogP contribution >= 0.6 is 0 Å². The summed E-state index contributed by atoms with van der Waals surface area (Å²) >= 11 is 0. The van der Waals surface area contributed by atoms with Gasteiger partial charge in [0.1, 0.15) is 6.04 Å². The second kappa shape index (κ2) is 6.04. The lowest BCUT2D eigenvalue weighted by Crippen LogP contribution is -2.55. The predicted molar refractivity (Wildman–Crippen MR) is 72.0 cm³/mol. The summed E-state index contributed by atoms with van der Waals surface area (Å²) in [5, 5.41) is 16.0. The van der Waals surface area contributed by atoms with Gasteiger partial charge in [0, 0.05) is 38.4 Å². The molecule has 0 saturated carbocycles. The van der Waals surface area contributed by atoms with Crippen LogP contribution in [-0.4, -0.2) is 50.8 Å². The van der Waals surface area contributed by atoms with Gasteiger partial charge < -0.3 is 10.4 Å². The minimum atomic E-state index is -0.959. The zero-order chi connectivity index (χ0) is 14.7. The lowest BCUT2D eigenvalue weighted by molar-refractivity contribution is -0.143. The number of aliphatic carboxylic acids is 1. The number of hydrogen-bond donors (Lipinski definition) is 2. The number of carbonyl (C=O) groups is 2. The van der Waals surface area contributed by atoms with Gasteiger partial charge in [0.2, 0.25) is 5.91 Å². The van der Waals surface area contributed by atoms with Crippen LogP contribution in [0.3, 0.4) is 0 Å². The summed E-state index contributed by atoms with van der Waals surface area (Å²) in [4.78, 5) is 24.7. The zero-order valence-electron chi connectivity index (χ0n) is 11.8. The minimum Gasteiger partial charge on any atom is -0.481 e. The summed E-state index contributed by atoms with van der Waals surface area (Å²) in [5.74, 6) is -1.17. The fraction of sp³-hybridized carbons (Fsp3) is 0.615. The van der Waals surface area contributed by atoms with Crippen LogP contribution in [0, 0.1) is 0 Å². The molecule has 1 aromatic heterocycles. The lowest BCUT2D eigenvalue weighted by atomic mass is 10.1. The maximum atomic E-state index is 11.9. The first-order valence-corrected chi connectivity index (χ1v) is 6.76. The molecule has 7 nitrogen and oxygen atoms in total. The first-order valence-electron chi connectivity index (χ1n) is 6.76. The lowest BCUT2D eigenvalue weighted by Gasteiger charge is -2.34. The van der Waals surface area contributed by atoms with Crippen molar-refractivity contribution in [2.75, 3.05) is 13.1 Å². The Balaban J connectivity index is 2.16. The molecule has 2 heterocycles. The van der Waals surface area contributed by atoms with Crippen molar-refractivity contribution in [3.05, 3.63) is 17.5 Å². The molecule has 0 aromatic carbocycles. The molecule has 1 aliphatic rings. The second-order valence-electron chi connectivity index (χ2n) is 5.00. The van der Waals surface area contributed by atoms with Gasteiger partial charge >= 0.3 is 5.97 Å². The molecule has 7 heteroatoms. The van der Waals surface area contributed by atoms with Gasteiger partial charge in [-0.05, 0) is 6.42 Å². The van der Waals surface area contributed by atoms with Gasteiger partial charge in [0.15, 0.2) is 0 Å². The number of nitrogens with one attached hydrogen (secondary N) is 1. The third kappa shape index (κ3) is 3.16. The number of carboxylic acids is 1. The van der Waals surface area contributed by atoms with Gasteiger partial charge in [-0.25, -0.2) is 0 Å². The standard InChI is InChI=1S/C13H20N4O3/c1-3-10-9(7-16(2)15-10)8-17-5-4-14-13(20)11(17)6-12(18)19/h7,11H,3-6,8H2,1-2H3,(H,14,20)(H,18,19). The van der Waals surface area contributed by atoms with Gasteiger partial charge in [-0.3, -0.25) is 19.2 Å². The van der Waals surface area contributed by atoms with Crippen molar-refractivity contribution >= 4 is 11.9 Å². The van der Waals surface area contributed by atoms with Gasteiger partial charge in [0.05, 0.1) is 12.1 Å². The summed E-state index contributed by atoms with van der Waals surface area (Å²) < 4.78 is 1.75. The van der Waals surface area contributed by atoms with E-state index < -0.39 is 12.0 Å². The Hall–Kier alpha value is -1.89. The molecule has 0 aliphatic carbocycles. The Morgan fingerprint density at radius 3 is 3.00 bits per heavy atom. The summed E-state index contributed by atoms with van der Waals surface area (Å²) in [6.45, 7) is 3.80. The molecule has 1 atom stereocenters. The second-order valence-corrected chi connectivity index (χ2v) is 5.00. The van der Waals surface area contributed by atoms with E-state index in [0.717, 1.165) is 17.7 Å². The fourth-order valence-corrected chi connectivity index (χ4v) is 2.57. The third-order valence-electron chi connectivity index (χ3n) is 3.51. The number of piperazine rings is 1. The number of carbonyl (C=O) groups excluding carboxylic acids is 1. The average Bonchev–Trinajstić information content (AvgIpc) is 2.73. The number of carboxylic acid groups (broad SMARTS) is 1. The first-order chi connectivity index (χ1) is 9.51. The number of amides is 1. The Kier molecular flexibility index (Phi) is 4.39. The van der Waals surface area contributed by atoms with Crippen LogP contribution < -0.4 is 5.32 Å². The van der Waals surface area contributed by atoms with Crippen LogP contribution in [0.25, 0.3) is 0 Å². The quantitative estimate of drug-likeness (QED) is 0.777. The minimum absolute atomic E-state index is 0.173. The Morgan fingerprint density at radius 1 is 1.60 bits per heavy atom. The number of nitrogens with zero attached hydrogens (tertiary/aromatic N) is 3. The normalized spacial score (nSPS) is 19.9. The Labute approximate surface area is 117 Å². The zero-order valence-corrected chi connectivity index (χ0v) is 11.8. The maximum absolute atomic E-state index is 11.9. The Bertz CT molecular complexity index is 512. The van der Waals surface area contributed by atoms with Crippen molar-refractivity contribution in [3.8, 4) is 0 Å². The molecule has 0 bridgehead atoms. The molecule has 2 rings (SSSR count). The molecule has 1 aliphatic heterocycles. The molecule has 20 heavy (non-hydrogen) atoms. The van der Waals surface area contributed by atoms with Crippen molar-refractivity contribution < 1.29 is 14.7 Å². The van der Waals surface area contributed by atoms with Gasteiger partial charge in [-0.1, -0.05) is 6.92 Å². The van der Waals surface area contributed by atoms with E-state index in [0.29, 0.717) is 19.6 Å². The van der Waals surface area contributed by atoms with Crippen molar-refractivity contribution in [1.29, 1.82) is 0 Å². The molecule has 1 fully saturated rings. The first kappa shape index (κ1) is 14.5. The Morgan fingerprint density at radius 2 is 2.35 bits per heavy atom. The van der Waals surface area contributed by atoms with Crippen LogP contribution in [0.5, 0.6) is 0 Å². The molecule has 1 aromatic rings. The highest BCUT2D eigenvalue weighted by molar-refractivity contribution is 5.86. The molecule has 1 saturated heterocycles. The van der Waals surface area contributed by atoms with Crippen molar-refractivity contribution in [3.63, 3.8) is 0 Å². The average molecular weight is 280 g/mol. The molecular weight excluding hydrogens is 260 g/mol. The number of aryl methyl sites for hydroxylation is 2. The van der Waals surface area contributed by atoms with Gasteiger partial charge in [0.25, 0.3) is 0 Å². The van der Waals surface area contributed by atoms with Gasteiger partial charge in [-0.2, -0.15) is 5.10 Å². The highest BCUT2D eigenvalue weighted by atomic mass is 16.4. The van der Waals surface area contributed by atoms with Crippen LogP contribution in [0.15, 0.2) is 6.20 Å². The number of aromatic nitrogens is 2. The van der Waals surface area contributed by atoms with E-state index >= 15 is 0 Å². The summed E-state index contributed by atoms with van der Waals surface area (Å²) in [7, 11) is 1.86.